The van der Waals surface area contributed by atoms with Gasteiger partial charge < -0.3 is 15.7 Å². The summed E-state index contributed by atoms with van der Waals surface area (Å²) in [6, 6.07) is 8.31. The number of aliphatic hydroxyl groups is 1. The van der Waals surface area contributed by atoms with E-state index in [9.17, 15) is 18.7 Å². The van der Waals surface area contributed by atoms with Gasteiger partial charge in [0, 0.05) is 35.0 Å². The molecule has 0 bridgehead atoms. The van der Waals surface area contributed by atoms with E-state index in [1.165, 1.54) is 19.1 Å². The van der Waals surface area contributed by atoms with Gasteiger partial charge in [0.1, 0.15) is 11.6 Å². The van der Waals surface area contributed by atoms with Crippen molar-refractivity contribution in [3.05, 3.63) is 68.1 Å². The third kappa shape index (κ3) is 7.65. The molecule has 0 aliphatic heterocycles. The number of aliphatic hydroxyl groups excluding tert-OH is 1. The van der Waals surface area contributed by atoms with Crippen LogP contribution in [0.4, 0.5) is 8.78 Å². The second-order valence-electron chi connectivity index (χ2n) is 6.26. The number of hydrogen-bond donors (Lipinski definition) is 3. The van der Waals surface area contributed by atoms with Crippen molar-refractivity contribution >= 4 is 37.8 Å². The van der Waals surface area contributed by atoms with E-state index in [4.69, 9.17) is 0 Å². The normalized spacial score (nSPS) is 13.3. The van der Waals surface area contributed by atoms with Crippen molar-refractivity contribution in [3.63, 3.8) is 0 Å². The molecular weight excluding hydrogens is 486 g/mol. The Kier molecular flexibility index (Phi) is 8.34. The van der Waals surface area contributed by atoms with Gasteiger partial charge in [-0.15, -0.1) is 0 Å². The Labute approximate surface area is 173 Å². The van der Waals surface area contributed by atoms with Gasteiger partial charge in [0.05, 0.1) is 12.1 Å². The fraction of sp³-hybridized carbons (Fsp3) is 0.316. The lowest BCUT2D eigenvalue weighted by Crippen LogP contribution is -2.48. The summed E-state index contributed by atoms with van der Waals surface area (Å²) in [5, 5.41) is 16.2. The molecule has 2 aromatic rings. The van der Waals surface area contributed by atoms with Crippen LogP contribution in [0.5, 0.6) is 0 Å². The van der Waals surface area contributed by atoms with E-state index in [1.807, 2.05) is 18.2 Å². The Morgan fingerprint density at radius 2 is 1.63 bits per heavy atom. The van der Waals surface area contributed by atoms with E-state index < -0.39 is 23.8 Å². The van der Waals surface area contributed by atoms with Gasteiger partial charge in [0.15, 0.2) is 0 Å². The molecule has 0 aliphatic carbocycles. The predicted molar refractivity (Wildman–Crippen MR) is 107 cm³/mol. The lowest BCUT2D eigenvalue weighted by atomic mass is 10.0. The van der Waals surface area contributed by atoms with E-state index in [1.54, 1.807) is 0 Å². The third-order valence-corrected chi connectivity index (χ3v) is 4.75. The maximum Gasteiger partial charge on any atom is 0.217 e. The van der Waals surface area contributed by atoms with E-state index >= 15 is 0 Å². The Morgan fingerprint density at radius 1 is 1.04 bits per heavy atom. The zero-order valence-corrected chi connectivity index (χ0v) is 17.8. The molecule has 3 N–H and O–H groups in total. The maximum atomic E-state index is 13.4. The zero-order chi connectivity index (χ0) is 20.0. The van der Waals surface area contributed by atoms with Crippen LogP contribution >= 0.6 is 31.9 Å². The second kappa shape index (κ2) is 10.3. The van der Waals surface area contributed by atoms with Crippen molar-refractivity contribution in [2.75, 3.05) is 6.54 Å². The largest absolute Gasteiger partial charge is 0.390 e. The molecule has 0 heterocycles. The Hall–Kier alpha value is -1.35. The van der Waals surface area contributed by atoms with Gasteiger partial charge in [-0.2, -0.15) is 0 Å². The van der Waals surface area contributed by atoms with Gasteiger partial charge in [-0.1, -0.05) is 31.9 Å². The van der Waals surface area contributed by atoms with Crippen molar-refractivity contribution in [2.24, 2.45) is 0 Å². The molecule has 146 valence electrons. The minimum atomic E-state index is -0.934. The minimum Gasteiger partial charge on any atom is -0.390 e. The molecule has 0 saturated carbocycles. The summed E-state index contributed by atoms with van der Waals surface area (Å²) in [6.45, 7) is 2.04. The maximum absolute atomic E-state index is 13.4. The van der Waals surface area contributed by atoms with E-state index in [-0.39, 0.29) is 18.9 Å². The number of amides is 1. The van der Waals surface area contributed by atoms with Gasteiger partial charge in [0.25, 0.3) is 0 Å². The number of benzene rings is 2. The number of nitrogens with one attached hydrogen (secondary N) is 2. The van der Waals surface area contributed by atoms with Gasteiger partial charge in [-0.25, -0.2) is 8.78 Å². The highest BCUT2D eigenvalue weighted by Crippen LogP contribution is 2.20. The topological polar surface area (TPSA) is 61.4 Å². The van der Waals surface area contributed by atoms with Crippen LogP contribution in [0.1, 0.15) is 18.1 Å². The number of halogens is 4. The van der Waals surface area contributed by atoms with Crippen molar-refractivity contribution in [1.82, 2.24) is 10.6 Å². The van der Waals surface area contributed by atoms with Gasteiger partial charge in [0.2, 0.25) is 5.91 Å². The molecule has 8 heteroatoms. The van der Waals surface area contributed by atoms with Crippen molar-refractivity contribution in [3.8, 4) is 0 Å². The summed E-state index contributed by atoms with van der Waals surface area (Å²) in [6.07, 6.45) is -0.824. The summed E-state index contributed by atoms with van der Waals surface area (Å²) in [4.78, 5) is 11.5. The van der Waals surface area contributed by atoms with Crippen LogP contribution in [0.3, 0.4) is 0 Å². The van der Waals surface area contributed by atoms with Gasteiger partial charge >= 0.3 is 0 Å². The first kappa shape index (κ1) is 21.9. The van der Waals surface area contributed by atoms with E-state index in [0.717, 1.165) is 20.6 Å². The smallest absolute Gasteiger partial charge is 0.217 e. The summed E-state index contributed by atoms with van der Waals surface area (Å²) >= 11 is 6.83. The average molecular weight is 506 g/mol. The first-order valence-electron chi connectivity index (χ1n) is 8.29. The van der Waals surface area contributed by atoms with Crippen LogP contribution in [0, 0.1) is 11.6 Å². The molecule has 0 saturated heterocycles. The second-order valence-corrected chi connectivity index (χ2v) is 8.10. The fourth-order valence-corrected chi connectivity index (χ4v) is 4.14. The lowest BCUT2D eigenvalue weighted by Gasteiger charge is -2.24. The number of carbonyl (C=O) groups is 1. The molecule has 27 heavy (non-hydrogen) atoms. The lowest BCUT2D eigenvalue weighted by molar-refractivity contribution is -0.120. The molecule has 0 fully saturated rings. The monoisotopic (exact) mass is 504 g/mol. The highest BCUT2D eigenvalue weighted by molar-refractivity contribution is 9.11. The van der Waals surface area contributed by atoms with Crippen molar-refractivity contribution in [1.29, 1.82) is 0 Å². The van der Waals surface area contributed by atoms with Gasteiger partial charge in [-0.05, 0) is 47.9 Å². The molecule has 2 atom stereocenters. The average Bonchev–Trinajstić information content (AvgIpc) is 2.51. The van der Waals surface area contributed by atoms with Crippen LogP contribution in [-0.2, 0) is 17.8 Å². The SMILES string of the molecule is CC(=O)NC(Cc1cc(F)cc(F)c1)[C@H](O)CNCc1cc(Br)cc(Br)c1. The highest BCUT2D eigenvalue weighted by Gasteiger charge is 2.21. The minimum absolute atomic E-state index is 0.111. The first-order valence-corrected chi connectivity index (χ1v) is 9.87. The van der Waals surface area contributed by atoms with E-state index in [0.29, 0.717) is 12.1 Å². The molecule has 2 aromatic carbocycles. The number of rotatable bonds is 8. The fourth-order valence-electron chi connectivity index (χ4n) is 2.75. The molecule has 4 nitrogen and oxygen atoms in total. The van der Waals surface area contributed by atoms with Crippen molar-refractivity contribution in [2.45, 2.75) is 32.0 Å². The number of hydrogen-bond acceptors (Lipinski definition) is 3. The van der Waals surface area contributed by atoms with Crippen LogP contribution in [0.15, 0.2) is 45.3 Å². The summed E-state index contributed by atoms with van der Waals surface area (Å²) in [5.74, 6) is -1.72. The van der Waals surface area contributed by atoms with Crippen molar-refractivity contribution < 1.29 is 18.7 Å². The van der Waals surface area contributed by atoms with Crippen LogP contribution in [-0.4, -0.2) is 29.7 Å². The predicted octanol–water partition coefficient (Wildman–Crippen LogP) is 3.69. The highest BCUT2D eigenvalue weighted by atomic mass is 79.9. The molecule has 2 rings (SSSR count). The van der Waals surface area contributed by atoms with Crippen LogP contribution in [0.2, 0.25) is 0 Å². The summed E-state index contributed by atoms with van der Waals surface area (Å²) in [7, 11) is 0. The molecule has 0 aliphatic rings. The first-order chi connectivity index (χ1) is 12.7. The van der Waals surface area contributed by atoms with Crippen LogP contribution in [0.25, 0.3) is 0 Å². The molecule has 0 aromatic heterocycles. The summed E-state index contributed by atoms with van der Waals surface area (Å²) in [5.41, 5.74) is 1.37. The molecule has 1 amide bonds. The summed E-state index contributed by atoms with van der Waals surface area (Å²) < 4.78 is 28.6. The Balaban J connectivity index is 1.99. The quantitative estimate of drug-likeness (QED) is 0.512. The molecule has 0 spiro atoms. The Bertz CT molecular complexity index is 765. The molecule has 1 unspecified atom stereocenters. The number of carbonyl (C=O) groups excluding carboxylic acids is 1. The molecule has 0 radical (unpaired) electrons. The Morgan fingerprint density at radius 3 is 2.19 bits per heavy atom. The zero-order valence-electron chi connectivity index (χ0n) is 14.6. The van der Waals surface area contributed by atoms with E-state index in [2.05, 4.69) is 42.5 Å². The third-order valence-electron chi connectivity index (χ3n) is 3.84. The molecular formula is C19H20Br2F2N2O2. The van der Waals surface area contributed by atoms with Crippen LogP contribution < -0.4 is 10.6 Å². The van der Waals surface area contributed by atoms with Gasteiger partial charge in [-0.3, -0.25) is 4.79 Å². The standard InChI is InChI=1S/C19H20Br2F2N2O2/c1-11(26)25-18(6-12-4-16(22)8-17(23)5-12)19(27)10-24-9-13-2-14(20)7-15(21)3-13/h2-5,7-8,18-19,24,27H,6,9-10H2,1H3,(H,25,26)/t18?,19-/m1/s1.